The zero-order chi connectivity index (χ0) is 21.4. The summed E-state index contributed by atoms with van der Waals surface area (Å²) in [7, 11) is 0. The summed E-state index contributed by atoms with van der Waals surface area (Å²) in [5.41, 5.74) is 3.82. The van der Waals surface area contributed by atoms with Crippen LogP contribution in [-0.2, 0) is 12.8 Å². The highest BCUT2D eigenvalue weighted by Crippen LogP contribution is 2.18. The molecule has 1 heterocycles. The van der Waals surface area contributed by atoms with Gasteiger partial charge in [0.05, 0.1) is 0 Å². The molecule has 0 amide bonds. The molecule has 0 spiro atoms. The Balaban J connectivity index is 1.68. The molecule has 2 rings (SSSR count). The van der Waals surface area contributed by atoms with Gasteiger partial charge in [0.15, 0.2) is 5.82 Å². The Morgan fingerprint density at radius 3 is 1.87 bits per heavy atom. The first kappa shape index (κ1) is 24.6. The van der Waals surface area contributed by atoms with E-state index in [1.54, 1.807) is 0 Å². The molecule has 0 fully saturated rings. The molecule has 0 radical (unpaired) electrons. The van der Waals surface area contributed by atoms with Crippen LogP contribution in [0.1, 0.15) is 109 Å². The van der Waals surface area contributed by atoms with Crippen LogP contribution in [0.15, 0.2) is 36.7 Å². The fraction of sp³-hybridized carbons (Fsp3) is 0.643. The lowest BCUT2D eigenvalue weighted by Crippen LogP contribution is -1.94. The first-order valence-electron chi connectivity index (χ1n) is 12.6. The third-order valence-electron chi connectivity index (χ3n) is 6.35. The maximum Gasteiger partial charge on any atom is 0.159 e. The molecule has 166 valence electrons. The maximum absolute atomic E-state index is 4.62. The highest BCUT2D eigenvalue weighted by molar-refractivity contribution is 5.55. The molecule has 1 atom stereocenters. The third kappa shape index (κ3) is 9.87. The molecule has 0 saturated heterocycles. The molecule has 0 saturated carbocycles. The quantitative estimate of drug-likeness (QED) is 0.260. The van der Waals surface area contributed by atoms with Crippen molar-refractivity contribution >= 4 is 0 Å². The van der Waals surface area contributed by atoms with Gasteiger partial charge in [-0.3, -0.25) is 0 Å². The fourth-order valence-electron chi connectivity index (χ4n) is 3.94. The van der Waals surface area contributed by atoms with Gasteiger partial charge in [-0.15, -0.1) is 0 Å². The fourth-order valence-corrected chi connectivity index (χ4v) is 3.94. The predicted molar refractivity (Wildman–Crippen MR) is 131 cm³/mol. The number of aromatic nitrogens is 2. The van der Waals surface area contributed by atoms with Crippen molar-refractivity contribution in [1.29, 1.82) is 0 Å². The van der Waals surface area contributed by atoms with E-state index in [1.807, 2.05) is 12.4 Å². The van der Waals surface area contributed by atoms with E-state index < -0.39 is 0 Å². The summed E-state index contributed by atoms with van der Waals surface area (Å²) >= 11 is 0. The summed E-state index contributed by atoms with van der Waals surface area (Å²) in [6.45, 7) is 6.93. The molecule has 1 unspecified atom stereocenters. The third-order valence-corrected chi connectivity index (χ3v) is 6.35. The summed E-state index contributed by atoms with van der Waals surface area (Å²) in [6, 6.07) is 8.86. The first-order valence-corrected chi connectivity index (χ1v) is 12.6. The highest BCUT2D eigenvalue weighted by Gasteiger charge is 2.03. The minimum Gasteiger partial charge on any atom is -0.236 e. The van der Waals surface area contributed by atoms with Gasteiger partial charge < -0.3 is 0 Å². The van der Waals surface area contributed by atoms with Crippen LogP contribution < -0.4 is 0 Å². The number of rotatable bonds is 16. The maximum atomic E-state index is 4.62. The van der Waals surface area contributed by atoms with Gasteiger partial charge in [-0.1, -0.05) is 109 Å². The molecule has 0 bridgehead atoms. The standard InChI is InChI=1S/C28H44N2/c1-4-6-7-8-9-10-13-17-26-22-29-28(30-23-26)27-20-18-25(19-21-27)16-14-11-12-15-24(3)5-2/h18-24H,4-17H2,1-3H3. The molecule has 1 aromatic carbocycles. The van der Waals surface area contributed by atoms with Crippen molar-refractivity contribution in [3.05, 3.63) is 47.8 Å². The average molecular weight is 409 g/mol. The van der Waals surface area contributed by atoms with Crippen LogP contribution in [0.2, 0.25) is 0 Å². The van der Waals surface area contributed by atoms with Crippen molar-refractivity contribution < 1.29 is 0 Å². The van der Waals surface area contributed by atoms with Crippen LogP contribution in [0.5, 0.6) is 0 Å². The highest BCUT2D eigenvalue weighted by atomic mass is 14.9. The summed E-state index contributed by atoms with van der Waals surface area (Å²) < 4.78 is 0. The summed E-state index contributed by atoms with van der Waals surface area (Å²) in [4.78, 5) is 9.24. The van der Waals surface area contributed by atoms with Gasteiger partial charge in [-0.05, 0) is 42.7 Å². The van der Waals surface area contributed by atoms with Gasteiger partial charge in [0.1, 0.15) is 0 Å². The summed E-state index contributed by atoms with van der Waals surface area (Å²) in [6.07, 6.45) is 22.4. The number of nitrogens with zero attached hydrogens (tertiary/aromatic N) is 2. The van der Waals surface area contributed by atoms with E-state index in [0.29, 0.717) is 0 Å². The van der Waals surface area contributed by atoms with Crippen molar-refractivity contribution in [2.45, 2.75) is 111 Å². The molecular weight excluding hydrogens is 364 g/mol. The number of unbranched alkanes of at least 4 members (excludes halogenated alkanes) is 8. The van der Waals surface area contributed by atoms with Crippen molar-refractivity contribution in [3.63, 3.8) is 0 Å². The van der Waals surface area contributed by atoms with Crippen molar-refractivity contribution in [2.75, 3.05) is 0 Å². The molecular formula is C28H44N2. The van der Waals surface area contributed by atoms with Crippen LogP contribution in [0.25, 0.3) is 11.4 Å². The van der Waals surface area contributed by atoms with Crippen molar-refractivity contribution in [1.82, 2.24) is 9.97 Å². The van der Waals surface area contributed by atoms with E-state index in [9.17, 15) is 0 Å². The van der Waals surface area contributed by atoms with Gasteiger partial charge >= 0.3 is 0 Å². The second kappa shape index (κ2) is 15.2. The molecule has 2 aromatic rings. The monoisotopic (exact) mass is 408 g/mol. The topological polar surface area (TPSA) is 25.8 Å². The molecule has 1 aromatic heterocycles. The van der Waals surface area contributed by atoms with Crippen LogP contribution in [0.3, 0.4) is 0 Å². The molecule has 0 aliphatic rings. The lowest BCUT2D eigenvalue weighted by atomic mass is 9.99. The van der Waals surface area contributed by atoms with Gasteiger partial charge in [0, 0.05) is 18.0 Å². The number of hydrogen-bond acceptors (Lipinski definition) is 2. The van der Waals surface area contributed by atoms with E-state index in [1.165, 1.54) is 94.6 Å². The summed E-state index contributed by atoms with van der Waals surface area (Å²) in [5.74, 6) is 1.73. The first-order chi connectivity index (χ1) is 14.7. The summed E-state index contributed by atoms with van der Waals surface area (Å²) in [5, 5.41) is 0. The second-order valence-electron chi connectivity index (χ2n) is 9.10. The largest absolute Gasteiger partial charge is 0.236 e. The van der Waals surface area contributed by atoms with Crippen LogP contribution in [0, 0.1) is 5.92 Å². The molecule has 2 nitrogen and oxygen atoms in total. The van der Waals surface area contributed by atoms with E-state index >= 15 is 0 Å². The van der Waals surface area contributed by atoms with E-state index in [0.717, 1.165) is 23.7 Å². The smallest absolute Gasteiger partial charge is 0.159 e. The van der Waals surface area contributed by atoms with E-state index in [-0.39, 0.29) is 0 Å². The Hall–Kier alpha value is -1.70. The average Bonchev–Trinajstić information content (AvgIpc) is 2.79. The van der Waals surface area contributed by atoms with Crippen LogP contribution >= 0.6 is 0 Å². The van der Waals surface area contributed by atoms with Gasteiger partial charge in [-0.2, -0.15) is 0 Å². The molecule has 2 heteroatoms. The predicted octanol–water partition coefficient (Wildman–Crippen LogP) is 8.59. The zero-order valence-electron chi connectivity index (χ0n) is 19.8. The Morgan fingerprint density at radius 1 is 0.667 bits per heavy atom. The van der Waals surface area contributed by atoms with Gasteiger partial charge in [0.2, 0.25) is 0 Å². The van der Waals surface area contributed by atoms with E-state index in [2.05, 4.69) is 55.0 Å². The van der Waals surface area contributed by atoms with Crippen molar-refractivity contribution in [2.24, 2.45) is 5.92 Å². The Morgan fingerprint density at radius 2 is 1.23 bits per heavy atom. The Kier molecular flexibility index (Phi) is 12.4. The SMILES string of the molecule is CCCCCCCCCc1cnc(-c2ccc(CCCCCC(C)CC)cc2)nc1. The molecule has 0 N–H and O–H groups in total. The van der Waals surface area contributed by atoms with Crippen LogP contribution in [-0.4, -0.2) is 9.97 Å². The lowest BCUT2D eigenvalue weighted by Gasteiger charge is -2.08. The minimum absolute atomic E-state index is 0.846. The van der Waals surface area contributed by atoms with E-state index in [4.69, 9.17) is 0 Å². The Labute approximate surface area is 185 Å². The zero-order valence-corrected chi connectivity index (χ0v) is 19.8. The van der Waals surface area contributed by atoms with Gasteiger partial charge in [-0.25, -0.2) is 9.97 Å². The number of hydrogen-bond donors (Lipinski definition) is 0. The molecule has 0 aliphatic heterocycles. The molecule has 0 aliphatic carbocycles. The van der Waals surface area contributed by atoms with Crippen molar-refractivity contribution in [3.8, 4) is 11.4 Å². The normalized spacial score (nSPS) is 12.2. The second-order valence-corrected chi connectivity index (χ2v) is 9.10. The number of aryl methyl sites for hydroxylation is 2. The number of benzene rings is 1. The minimum atomic E-state index is 0.846. The van der Waals surface area contributed by atoms with Crippen LogP contribution in [0.4, 0.5) is 0 Å². The van der Waals surface area contributed by atoms with Gasteiger partial charge in [0.25, 0.3) is 0 Å². The lowest BCUT2D eigenvalue weighted by molar-refractivity contribution is 0.478. The Bertz CT molecular complexity index is 660. The molecule has 30 heavy (non-hydrogen) atoms.